The first kappa shape index (κ1) is 15.2. The summed E-state index contributed by atoms with van der Waals surface area (Å²) in [5, 5.41) is 12.7. The first-order valence-corrected chi connectivity index (χ1v) is 7.76. The average molecular weight is 324 g/mol. The minimum Gasteiger partial charge on any atom is -0.495 e. The third kappa shape index (κ3) is 2.54. The predicted octanol–water partition coefficient (Wildman–Crippen LogP) is 3.03. The van der Waals surface area contributed by atoms with Crippen LogP contribution in [0.1, 0.15) is 19.3 Å². The number of halogens is 1. The standard InChI is InChI=1S/C16H18ClNO4/c1-22-12-5-4-10(17)7-11(12)18-15(19)13-8-2-3-9(6-8)14(13)16(20)21/h4-5,7-9,13-14H,2-3,6H2,1H3,(H,18,19)(H,20,21)/t8-,9-,13+,14-/m0/s1. The van der Waals surface area contributed by atoms with Gasteiger partial charge in [-0.3, -0.25) is 9.59 Å². The maximum absolute atomic E-state index is 12.6. The van der Waals surface area contributed by atoms with Crippen LogP contribution >= 0.6 is 11.6 Å². The summed E-state index contributed by atoms with van der Waals surface area (Å²) in [5.41, 5.74) is 0.479. The van der Waals surface area contributed by atoms with Crippen molar-refractivity contribution >= 4 is 29.2 Å². The first-order valence-electron chi connectivity index (χ1n) is 7.38. The molecule has 0 saturated heterocycles. The quantitative estimate of drug-likeness (QED) is 0.893. The summed E-state index contributed by atoms with van der Waals surface area (Å²) >= 11 is 5.96. The number of carbonyl (C=O) groups is 2. The van der Waals surface area contributed by atoms with Crippen molar-refractivity contribution in [2.75, 3.05) is 12.4 Å². The normalized spacial score (nSPS) is 29.4. The van der Waals surface area contributed by atoms with E-state index in [0.717, 1.165) is 19.3 Å². The smallest absolute Gasteiger partial charge is 0.307 e. The van der Waals surface area contributed by atoms with Crippen LogP contribution in [0.2, 0.25) is 5.02 Å². The van der Waals surface area contributed by atoms with Crippen LogP contribution in [0.5, 0.6) is 5.75 Å². The van der Waals surface area contributed by atoms with Crippen molar-refractivity contribution < 1.29 is 19.4 Å². The molecule has 3 rings (SSSR count). The molecule has 1 aromatic carbocycles. The molecule has 2 aliphatic rings. The van der Waals surface area contributed by atoms with Gasteiger partial charge in [-0.2, -0.15) is 0 Å². The van der Waals surface area contributed by atoms with Gasteiger partial charge in [0.15, 0.2) is 0 Å². The van der Waals surface area contributed by atoms with Crippen LogP contribution in [-0.2, 0) is 9.59 Å². The summed E-state index contributed by atoms with van der Waals surface area (Å²) < 4.78 is 5.21. The largest absolute Gasteiger partial charge is 0.495 e. The van der Waals surface area contributed by atoms with Crippen LogP contribution in [-0.4, -0.2) is 24.1 Å². The number of carbonyl (C=O) groups excluding carboxylic acids is 1. The Bertz CT molecular complexity index is 618. The Morgan fingerprint density at radius 1 is 1.27 bits per heavy atom. The molecule has 0 heterocycles. The fourth-order valence-electron chi connectivity index (χ4n) is 4.02. The van der Waals surface area contributed by atoms with E-state index >= 15 is 0 Å². The van der Waals surface area contributed by atoms with Gasteiger partial charge >= 0.3 is 5.97 Å². The molecule has 2 aliphatic carbocycles. The number of nitrogens with one attached hydrogen (secondary N) is 1. The second-order valence-electron chi connectivity index (χ2n) is 6.06. The van der Waals surface area contributed by atoms with Crippen LogP contribution < -0.4 is 10.1 Å². The monoisotopic (exact) mass is 323 g/mol. The third-order valence-corrected chi connectivity index (χ3v) is 5.16. The number of hydrogen-bond donors (Lipinski definition) is 2. The van der Waals surface area contributed by atoms with Crippen LogP contribution in [0.25, 0.3) is 0 Å². The molecule has 0 unspecified atom stereocenters. The number of carboxylic acids is 1. The molecule has 1 aromatic rings. The highest BCUT2D eigenvalue weighted by Crippen LogP contribution is 2.52. The van der Waals surface area contributed by atoms with Crippen molar-refractivity contribution in [2.45, 2.75) is 19.3 Å². The van der Waals surface area contributed by atoms with Crippen LogP contribution in [0.3, 0.4) is 0 Å². The van der Waals surface area contributed by atoms with Crippen molar-refractivity contribution in [2.24, 2.45) is 23.7 Å². The highest BCUT2D eigenvalue weighted by Gasteiger charge is 2.54. The molecule has 0 spiro atoms. The Kier molecular flexibility index (Phi) is 4.00. The van der Waals surface area contributed by atoms with E-state index in [1.807, 2.05) is 0 Å². The number of carboxylic acid groups (broad SMARTS) is 1. The molecule has 1 amide bonds. The SMILES string of the molecule is COc1ccc(Cl)cc1NC(=O)[C@@H]1[C@H]2CC[C@@H](C2)[C@@H]1C(=O)O. The molecule has 2 saturated carbocycles. The summed E-state index contributed by atoms with van der Waals surface area (Å²) in [4.78, 5) is 24.1. The predicted molar refractivity (Wildman–Crippen MR) is 82.1 cm³/mol. The maximum Gasteiger partial charge on any atom is 0.307 e. The summed E-state index contributed by atoms with van der Waals surface area (Å²) in [6.07, 6.45) is 2.67. The number of aliphatic carboxylic acids is 1. The molecule has 2 fully saturated rings. The van der Waals surface area contributed by atoms with E-state index in [1.165, 1.54) is 7.11 Å². The van der Waals surface area contributed by atoms with Gasteiger partial charge < -0.3 is 15.2 Å². The number of rotatable bonds is 4. The molecular weight excluding hydrogens is 306 g/mol. The summed E-state index contributed by atoms with van der Waals surface area (Å²) in [5.74, 6) is -1.38. The lowest BCUT2D eigenvalue weighted by Gasteiger charge is -2.27. The van der Waals surface area contributed by atoms with Gasteiger partial charge in [-0.05, 0) is 49.3 Å². The molecule has 4 atom stereocenters. The van der Waals surface area contributed by atoms with Gasteiger partial charge in [-0.15, -0.1) is 0 Å². The summed E-state index contributed by atoms with van der Waals surface area (Å²) in [6.45, 7) is 0. The molecule has 118 valence electrons. The Labute approximate surface area is 133 Å². The minimum absolute atomic E-state index is 0.125. The molecule has 5 nitrogen and oxygen atoms in total. The lowest BCUT2D eigenvalue weighted by Crippen LogP contribution is -2.37. The van der Waals surface area contributed by atoms with E-state index < -0.39 is 17.8 Å². The zero-order chi connectivity index (χ0) is 15.9. The zero-order valence-electron chi connectivity index (χ0n) is 12.2. The van der Waals surface area contributed by atoms with Crippen molar-refractivity contribution in [3.63, 3.8) is 0 Å². The van der Waals surface area contributed by atoms with E-state index in [9.17, 15) is 14.7 Å². The fraction of sp³-hybridized carbons (Fsp3) is 0.500. The fourth-order valence-corrected chi connectivity index (χ4v) is 4.19. The lowest BCUT2D eigenvalue weighted by molar-refractivity contribution is -0.148. The molecule has 0 radical (unpaired) electrons. The Morgan fingerprint density at radius 3 is 2.59 bits per heavy atom. The van der Waals surface area contributed by atoms with E-state index in [4.69, 9.17) is 16.3 Å². The molecule has 2 bridgehead atoms. The van der Waals surface area contributed by atoms with Crippen LogP contribution in [0.4, 0.5) is 5.69 Å². The number of fused-ring (bicyclic) bond motifs is 2. The first-order chi connectivity index (χ1) is 10.5. The van der Waals surface area contributed by atoms with Gasteiger partial charge in [0.05, 0.1) is 24.6 Å². The third-order valence-electron chi connectivity index (χ3n) is 4.92. The van der Waals surface area contributed by atoms with Crippen LogP contribution in [0, 0.1) is 23.7 Å². The molecule has 22 heavy (non-hydrogen) atoms. The second-order valence-corrected chi connectivity index (χ2v) is 6.49. The van der Waals surface area contributed by atoms with Crippen molar-refractivity contribution in [3.8, 4) is 5.75 Å². The van der Waals surface area contributed by atoms with Gasteiger partial charge in [-0.1, -0.05) is 11.6 Å². The Morgan fingerprint density at radius 2 is 1.95 bits per heavy atom. The molecule has 2 N–H and O–H groups in total. The summed E-state index contributed by atoms with van der Waals surface area (Å²) in [6, 6.07) is 4.96. The van der Waals surface area contributed by atoms with Crippen LogP contribution in [0.15, 0.2) is 18.2 Å². The molecular formula is C16H18ClNO4. The maximum atomic E-state index is 12.6. The lowest BCUT2D eigenvalue weighted by atomic mass is 9.78. The minimum atomic E-state index is -0.870. The number of ether oxygens (including phenoxy) is 1. The topological polar surface area (TPSA) is 75.6 Å². The van der Waals surface area contributed by atoms with Crippen molar-refractivity contribution in [1.82, 2.24) is 0 Å². The number of anilines is 1. The van der Waals surface area contributed by atoms with E-state index in [2.05, 4.69) is 5.32 Å². The van der Waals surface area contributed by atoms with Gasteiger partial charge in [-0.25, -0.2) is 0 Å². The van der Waals surface area contributed by atoms with E-state index in [-0.39, 0.29) is 17.7 Å². The second kappa shape index (κ2) is 5.80. The number of methoxy groups -OCH3 is 1. The summed E-state index contributed by atoms with van der Waals surface area (Å²) in [7, 11) is 1.51. The zero-order valence-corrected chi connectivity index (χ0v) is 13.0. The molecule has 6 heteroatoms. The highest BCUT2D eigenvalue weighted by molar-refractivity contribution is 6.31. The van der Waals surface area contributed by atoms with Gasteiger partial charge in [0.1, 0.15) is 5.75 Å². The average Bonchev–Trinajstić information content (AvgIpc) is 3.08. The number of amides is 1. The van der Waals surface area contributed by atoms with Gasteiger partial charge in [0.2, 0.25) is 5.91 Å². The Balaban J connectivity index is 1.82. The number of benzene rings is 1. The van der Waals surface area contributed by atoms with Crippen molar-refractivity contribution in [1.29, 1.82) is 0 Å². The van der Waals surface area contributed by atoms with Gasteiger partial charge in [0.25, 0.3) is 0 Å². The number of hydrogen-bond acceptors (Lipinski definition) is 3. The Hall–Kier alpha value is -1.75. The van der Waals surface area contributed by atoms with Gasteiger partial charge in [0, 0.05) is 5.02 Å². The molecule has 0 aliphatic heterocycles. The van der Waals surface area contributed by atoms with E-state index in [1.54, 1.807) is 18.2 Å². The molecule has 0 aromatic heterocycles. The van der Waals surface area contributed by atoms with E-state index in [0.29, 0.717) is 16.5 Å². The van der Waals surface area contributed by atoms with Crippen molar-refractivity contribution in [3.05, 3.63) is 23.2 Å². The highest BCUT2D eigenvalue weighted by atomic mass is 35.5.